The van der Waals surface area contributed by atoms with Gasteiger partial charge in [0, 0.05) is 43.7 Å². The molecule has 0 bridgehead atoms. The van der Waals surface area contributed by atoms with E-state index in [9.17, 15) is 4.79 Å². The van der Waals surface area contributed by atoms with Gasteiger partial charge in [0.15, 0.2) is 0 Å². The van der Waals surface area contributed by atoms with E-state index in [0.717, 1.165) is 30.3 Å². The smallest absolute Gasteiger partial charge is 0.408 e. The fourth-order valence-electron chi connectivity index (χ4n) is 2.78. The Balaban J connectivity index is 0.00000288. The van der Waals surface area contributed by atoms with Gasteiger partial charge in [0.1, 0.15) is 5.60 Å². The predicted molar refractivity (Wildman–Crippen MR) is 97.1 cm³/mol. The largest absolute Gasteiger partial charge is 0.444 e. The van der Waals surface area contributed by atoms with E-state index in [1.807, 2.05) is 37.8 Å². The molecule has 2 rings (SSSR count). The molecule has 0 N–H and O–H groups in total. The van der Waals surface area contributed by atoms with Crippen molar-refractivity contribution in [2.24, 2.45) is 0 Å². The summed E-state index contributed by atoms with van der Waals surface area (Å²) in [5.41, 5.74) is 0.766. The van der Waals surface area contributed by atoms with Crippen molar-refractivity contribution in [1.82, 2.24) is 4.90 Å². The first-order valence-corrected chi connectivity index (χ1v) is 8.97. The number of benzene rings is 1. The second kappa shape index (κ2) is 9.68. The van der Waals surface area contributed by atoms with Gasteiger partial charge in [0.2, 0.25) is 0 Å². The molecular formula is C19H26BrNO2Y-2. The molecule has 1 fully saturated rings. The molecule has 1 aromatic rings. The van der Waals surface area contributed by atoms with Crippen LogP contribution in [0, 0.1) is 13.3 Å². The molecule has 0 aliphatic carbocycles. The fourth-order valence-corrected chi connectivity index (χ4v) is 3.04. The molecule has 24 heavy (non-hydrogen) atoms. The third-order valence-electron chi connectivity index (χ3n) is 3.96. The predicted octanol–water partition coefficient (Wildman–Crippen LogP) is 5.36. The summed E-state index contributed by atoms with van der Waals surface area (Å²) in [4.78, 5) is 14.1. The maximum atomic E-state index is 12.3. The van der Waals surface area contributed by atoms with Crippen LogP contribution in [0.2, 0.25) is 0 Å². The number of carbonyl (C=O) groups excluding carboxylic acids is 1. The summed E-state index contributed by atoms with van der Waals surface area (Å²) in [6.07, 6.45) is 4.90. The van der Waals surface area contributed by atoms with E-state index < -0.39 is 5.60 Å². The van der Waals surface area contributed by atoms with Gasteiger partial charge in [-0.2, -0.15) is 12.3 Å². The number of nitrogens with zero attached hydrogens (tertiary/aromatic N) is 1. The molecule has 0 saturated carbocycles. The van der Waals surface area contributed by atoms with Crippen molar-refractivity contribution in [2.75, 3.05) is 6.54 Å². The summed E-state index contributed by atoms with van der Waals surface area (Å²) >= 11 is 3.45. The van der Waals surface area contributed by atoms with Gasteiger partial charge in [-0.15, -0.1) is 0 Å². The average Bonchev–Trinajstić information content (AvgIpc) is 2.92. The van der Waals surface area contributed by atoms with Crippen LogP contribution in [-0.4, -0.2) is 29.2 Å². The number of halogens is 1. The molecular weight excluding hydrogens is 443 g/mol. The molecule has 1 aliphatic rings. The van der Waals surface area contributed by atoms with E-state index in [-0.39, 0.29) is 50.8 Å². The Morgan fingerprint density at radius 2 is 2.04 bits per heavy atom. The summed E-state index contributed by atoms with van der Waals surface area (Å²) in [6, 6.07) is 8.42. The Labute approximate surface area is 179 Å². The minimum atomic E-state index is -0.448. The molecule has 0 aromatic heterocycles. The summed E-state index contributed by atoms with van der Waals surface area (Å²) in [5, 5.41) is 0. The monoisotopic (exact) mass is 468 g/mol. The van der Waals surface area contributed by atoms with Gasteiger partial charge in [0.25, 0.3) is 0 Å². The third kappa shape index (κ3) is 6.76. The maximum Gasteiger partial charge on any atom is 0.408 e. The van der Waals surface area contributed by atoms with Crippen LogP contribution in [0.1, 0.15) is 51.5 Å². The standard InChI is InChI=1S/C19H26BrNO2.Y/c1-14(15-8-10-16(20)11-9-15)7-12-17-6-5-13-21(17)18(22)23-19(2,3)4;/h8-12,14,17H,1,5-7,13H2,2-4H3;/q-2;/t14?,17-;/m0./s1. The number of hydrogen-bond acceptors (Lipinski definition) is 2. The van der Waals surface area contributed by atoms with Gasteiger partial charge in [-0.25, -0.2) is 4.79 Å². The zero-order valence-electron chi connectivity index (χ0n) is 14.8. The first kappa shape index (κ1) is 22.1. The number of amides is 1. The van der Waals surface area contributed by atoms with Crippen molar-refractivity contribution in [2.45, 2.75) is 57.6 Å². The molecule has 1 unspecified atom stereocenters. The second-order valence-corrected chi connectivity index (χ2v) is 8.02. The van der Waals surface area contributed by atoms with Crippen molar-refractivity contribution in [3.05, 3.63) is 47.6 Å². The molecule has 1 saturated heterocycles. The van der Waals surface area contributed by atoms with E-state index in [0.29, 0.717) is 0 Å². The van der Waals surface area contributed by atoms with E-state index in [1.54, 1.807) is 0 Å². The first-order valence-electron chi connectivity index (χ1n) is 8.18. The van der Waals surface area contributed by atoms with Gasteiger partial charge in [-0.3, -0.25) is 0 Å². The maximum absolute atomic E-state index is 12.3. The van der Waals surface area contributed by atoms with E-state index in [2.05, 4.69) is 41.4 Å². The minimum absolute atomic E-state index is 0. The molecule has 131 valence electrons. The van der Waals surface area contributed by atoms with Crippen LogP contribution < -0.4 is 0 Å². The molecule has 3 nitrogen and oxygen atoms in total. The van der Waals surface area contributed by atoms with Gasteiger partial charge in [-0.05, 0) is 39.3 Å². The van der Waals surface area contributed by atoms with E-state index >= 15 is 0 Å². The molecule has 5 heteroatoms. The van der Waals surface area contributed by atoms with Crippen LogP contribution in [0.4, 0.5) is 4.79 Å². The normalized spacial score (nSPS) is 18.9. The molecule has 1 radical (unpaired) electrons. The number of ether oxygens (including phenoxy) is 1. The first-order chi connectivity index (χ1) is 10.8. The quantitative estimate of drug-likeness (QED) is 0.556. The Morgan fingerprint density at radius 1 is 1.42 bits per heavy atom. The Kier molecular flexibility index (Phi) is 8.92. The van der Waals surface area contributed by atoms with Gasteiger partial charge < -0.3 is 23.0 Å². The van der Waals surface area contributed by atoms with Crippen LogP contribution in [0.3, 0.4) is 0 Å². The zero-order valence-corrected chi connectivity index (χ0v) is 19.2. The van der Waals surface area contributed by atoms with Gasteiger partial charge in [-0.1, -0.05) is 46.1 Å². The summed E-state index contributed by atoms with van der Waals surface area (Å²) in [5.74, 6) is 0.198. The molecule has 1 heterocycles. The van der Waals surface area contributed by atoms with Crippen molar-refractivity contribution in [1.29, 1.82) is 0 Å². The van der Waals surface area contributed by atoms with Crippen LogP contribution >= 0.6 is 15.9 Å². The molecule has 0 spiro atoms. The third-order valence-corrected chi connectivity index (χ3v) is 4.49. The Morgan fingerprint density at radius 3 is 2.62 bits per heavy atom. The molecule has 1 aromatic carbocycles. The Hall–Kier alpha value is 0.0739. The summed E-state index contributed by atoms with van der Waals surface area (Å²) in [7, 11) is 0. The molecule has 1 aliphatic heterocycles. The van der Waals surface area contributed by atoms with Crippen LogP contribution in [0.25, 0.3) is 0 Å². The SMILES string of the molecule is [CH2-]C(C[CH-][C@@H]1CCCN1C(=O)OC(C)(C)C)c1ccc(Br)cc1.[Y]. The molecule has 1 amide bonds. The average molecular weight is 469 g/mol. The summed E-state index contributed by atoms with van der Waals surface area (Å²) < 4.78 is 6.58. The van der Waals surface area contributed by atoms with E-state index in [1.165, 1.54) is 5.56 Å². The minimum Gasteiger partial charge on any atom is -0.444 e. The van der Waals surface area contributed by atoms with Gasteiger partial charge >= 0.3 is 6.09 Å². The summed E-state index contributed by atoms with van der Waals surface area (Å²) in [6.45, 7) is 10.7. The Bertz CT molecular complexity index is 527. The fraction of sp³-hybridized carbons (Fsp3) is 0.526. The number of likely N-dealkylation sites (tertiary alicyclic amines) is 1. The van der Waals surface area contributed by atoms with Crippen LogP contribution in [-0.2, 0) is 37.4 Å². The zero-order chi connectivity index (χ0) is 17.0. The van der Waals surface area contributed by atoms with Crippen LogP contribution in [0.5, 0.6) is 0 Å². The van der Waals surface area contributed by atoms with Crippen molar-refractivity contribution in [3.63, 3.8) is 0 Å². The number of hydrogen-bond donors (Lipinski definition) is 0. The van der Waals surface area contributed by atoms with Crippen molar-refractivity contribution in [3.8, 4) is 0 Å². The van der Waals surface area contributed by atoms with Crippen molar-refractivity contribution < 1.29 is 42.2 Å². The van der Waals surface area contributed by atoms with Crippen molar-refractivity contribution >= 4 is 22.0 Å². The van der Waals surface area contributed by atoms with Crippen LogP contribution in [0.15, 0.2) is 28.7 Å². The van der Waals surface area contributed by atoms with Gasteiger partial charge in [0.05, 0.1) is 0 Å². The van der Waals surface area contributed by atoms with E-state index in [4.69, 9.17) is 4.74 Å². The number of carbonyl (C=O) groups is 1. The number of rotatable bonds is 4. The second-order valence-electron chi connectivity index (χ2n) is 7.10. The topological polar surface area (TPSA) is 29.5 Å². The molecule has 2 atom stereocenters.